The second kappa shape index (κ2) is 12.4. The summed E-state index contributed by atoms with van der Waals surface area (Å²) in [5, 5.41) is 3.13. The molecule has 9 heteroatoms. The summed E-state index contributed by atoms with van der Waals surface area (Å²) in [5.74, 6) is 1.37. The molecule has 0 radical (unpaired) electrons. The lowest BCUT2D eigenvalue weighted by atomic mass is 9.96. The molecule has 1 N–H and O–H groups in total. The Bertz CT molecular complexity index is 1110. The Kier molecular flexibility index (Phi) is 8.98. The minimum Gasteiger partial charge on any atom is -0.377 e. The van der Waals surface area contributed by atoms with Crippen molar-refractivity contribution in [3.63, 3.8) is 0 Å². The van der Waals surface area contributed by atoms with E-state index in [-0.39, 0.29) is 5.69 Å². The molecule has 1 aromatic heterocycles. The lowest BCUT2D eigenvalue weighted by Gasteiger charge is -2.34. The number of aromatic nitrogens is 2. The molecule has 0 spiro atoms. The molecule has 0 unspecified atom stereocenters. The van der Waals surface area contributed by atoms with E-state index in [0.717, 1.165) is 50.7 Å². The fourth-order valence-electron chi connectivity index (χ4n) is 4.49. The summed E-state index contributed by atoms with van der Waals surface area (Å²) >= 11 is 5.44. The van der Waals surface area contributed by atoms with E-state index in [0.29, 0.717) is 30.7 Å². The van der Waals surface area contributed by atoms with Crippen LogP contribution in [0.4, 0.5) is 18.9 Å². The first-order valence-corrected chi connectivity index (χ1v) is 12.7. The van der Waals surface area contributed by atoms with E-state index < -0.39 is 11.7 Å². The van der Waals surface area contributed by atoms with E-state index in [1.54, 1.807) is 6.07 Å². The third kappa shape index (κ3) is 7.07. The molecule has 0 atom stereocenters. The van der Waals surface area contributed by atoms with E-state index in [9.17, 15) is 13.2 Å². The fourth-order valence-corrected chi connectivity index (χ4v) is 4.79. The molecule has 1 aliphatic heterocycles. The minimum absolute atomic E-state index is 0.0135. The number of nitrogens with zero attached hydrogens (tertiary/aromatic N) is 3. The number of rotatable bonds is 9. The molecule has 4 rings (SSSR count). The molecule has 2 aromatic carbocycles. The topological polar surface area (TPSA) is 42.3 Å². The second-order valence-corrected chi connectivity index (χ2v) is 9.35. The van der Waals surface area contributed by atoms with Crippen molar-refractivity contribution < 1.29 is 17.9 Å². The zero-order valence-corrected chi connectivity index (χ0v) is 20.9. The van der Waals surface area contributed by atoms with Crippen LogP contribution in [0.25, 0.3) is 0 Å². The van der Waals surface area contributed by atoms with Gasteiger partial charge in [0.25, 0.3) is 0 Å². The van der Waals surface area contributed by atoms with Gasteiger partial charge in [-0.15, -0.1) is 0 Å². The van der Waals surface area contributed by atoms with Crippen LogP contribution in [0.15, 0.2) is 67.0 Å². The number of imidazole rings is 1. The molecule has 192 valence electrons. The Hall–Kier alpha value is -2.91. The van der Waals surface area contributed by atoms with Crippen molar-refractivity contribution in [2.45, 2.75) is 50.9 Å². The lowest BCUT2D eigenvalue weighted by molar-refractivity contribution is -0.136. The van der Waals surface area contributed by atoms with E-state index in [4.69, 9.17) is 17.0 Å². The Labute approximate surface area is 215 Å². The van der Waals surface area contributed by atoms with Crippen LogP contribution in [0.2, 0.25) is 0 Å². The summed E-state index contributed by atoms with van der Waals surface area (Å²) in [6, 6.07) is 15.6. The quantitative estimate of drug-likeness (QED) is 0.261. The smallest absolute Gasteiger partial charge is 0.377 e. The van der Waals surface area contributed by atoms with Gasteiger partial charge in [-0.25, -0.2) is 4.98 Å². The van der Waals surface area contributed by atoms with Crippen LogP contribution in [0.5, 0.6) is 0 Å². The fraction of sp³-hybridized carbons (Fsp3) is 0.407. The van der Waals surface area contributed by atoms with Crippen molar-refractivity contribution >= 4 is 23.0 Å². The van der Waals surface area contributed by atoms with Crippen molar-refractivity contribution in [2.24, 2.45) is 0 Å². The molecule has 5 nitrogen and oxygen atoms in total. The summed E-state index contributed by atoms with van der Waals surface area (Å²) in [6.07, 6.45) is 3.10. The van der Waals surface area contributed by atoms with Gasteiger partial charge in [-0.1, -0.05) is 42.5 Å². The number of aryl methyl sites for hydroxylation is 1. The summed E-state index contributed by atoms with van der Waals surface area (Å²) in [5.41, 5.74) is 0.454. The van der Waals surface area contributed by atoms with Crippen molar-refractivity contribution in [3.8, 4) is 0 Å². The van der Waals surface area contributed by atoms with E-state index in [1.165, 1.54) is 17.7 Å². The highest BCUT2D eigenvalue weighted by molar-refractivity contribution is 7.80. The maximum atomic E-state index is 13.3. The molecule has 0 aliphatic carbocycles. The third-order valence-corrected chi connectivity index (χ3v) is 6.78. The van der Waals surface area contributed by atoms with Gasteiger partial charge in [0, 0.05) is 44.6 Å². The molecule has 0 saturated carbocycles. The number of nitrogens with one attached hydrogen (secondary N) is 1. The predicted molar refractivity (Wildman–Crippen MR) is 139 cm³/mol. The van der Waals surface area contributed by atoms with Crippen molar-refractivity contribution in [3.05, 3.63) is 83.9 Å². The maximum absolute atomic E-state index is 13.3. The molecule has 2 heterocycles. The molecule has 3 aromatic rings. The van der Waals surface area contributed by atoms with E-state index in [2.05, 4.69) is 27.0 Å². The normalized spacial score (nSPS) is 14.7. The summed E-state index contributed by atoms with van der Waals surface area (Å²) < 4.78 is 47.9. The highest BCUT2D eigenvalue weighted by Gasteiger charge is 2.34. The highest BCUT2D eigenvalue weighted by atomic mass is 32.1. The number of unbranched alkanes of at least 4 members (excludes halogenated alkanes) is 1. The number of anilines is 1. The zero-order valence-electron chi connectivity index (χ0n) is 20.1. The maximum Gasteiger partial charge on any atom is 0.418 e. The van der Waals surface area contributed by atoms with Crippen LogP contribution in [0.1, 0.15) is 48.6 Å². The van der Waals surface area contributed by atoms with Crippen LogP contribution in [-0.4, -0.2) is 39.3 Å². The monoisotopic (exact) mass is 516 g/mol. The molecule has 1 aliphatic rings. The largest absolute Gasteiger partial charge is 0.418 e. The summed E-state index contributed by atoms with van der Waals surface area (Å²) in [7, 11) is 0. The van der Waals surface area contributed by atoms with Gasteiger partial charge in [-0.3, -0.25) is 0 Å². The average molecular weight is 517 g/mol. The molecular formula is C27H31F3N4OS. The van der Waals surface area contributed by atoms with Crippen molar-refractivity contribution in [2.75, 3.05) is 25.0 Å². The number of benzene rings is 2. The summed E-state index contributed by atoms with van der Waals surface area (Å²) in [4.78, 5) is 6.55. The number of piperidine rings is 1. The van der Waals surface area contributed by atoms with Crippen molar-refractivity contribution in [1.82, 2.24) is 14.5 Å². The first-order chi connectivity index (χ1) is 17.4. The number of hydrogen-bond donors (Lipinski definition) is 1. The van der Waals surface area contributed by atoms with Crippen LogP contribution in [0.3, 0.4) is 0 Å². The van der Waals surface area contributed by atoms with Gasteiger partial charge in [0.15, 0.2) is 5.11 Å². The highest BCUT2D eigenvalue weighted by Crippen LogP contribution is 2.35. The lowest BCUT2D eigenvalue weighted by Crippen LogP contribution is -2.41. The molecule has 0 bridgehead atoms. The molecule has 1 saturated heterocycles. The van der Waals surface area contributed by atoms with E-state index in [1.807, 2.05) is 35.5 Å². The average Bonchev–Trinajstić information content (AvgIpc) is 3.35. The Morgan fingerprint density at radius 2 is 1.75 bits per heavy atom. The Morgan fingerprint density at radius 1 is 1.03 bits per heavy atom. The first-order valence-electron chi connectivity index (χ1n) is 12.3. The Morgan fingerprint density at radius 3 is 2.50 bits per heavy atom. The molecule has 36 heavy (non-hydrogen) atoms. The number of halogens is 3. The SMILES string of the molecule is FC(F)(F)c1ccccc1NC(=S)N1CCC(c2nccn2CCCCOCc2ccccc2)CC1. The number of ether oxygens (including phenoxy) is 1. The van der Waals surface area contributed by atoms with Gasteiger partial charge < -0.3 is 19.5 Å². The Balaban J connectivity index is 1.21. The molecular weight excluding hydrogens is 485 g/mol. The number of para-hydroxylation sites is 1. The van der Waals surface area contributed by atoms with Crippen LogP contribution in [-0.2, 0) is 24.1 Å². The standard InChI is InChI=1S/C27H31F3N4OS/c28-27(29,30)23-10-4-5-11-24(23)32-26(36)34-16-12-22(13-17-34)25-31-14-18-33(25)15-6-7-19-35-20-21-8-2-1-3-9-21/h1-5,8-11,14,18,22H,6-7,12-13,15-17,19-20H2,(H,32,36). The van der Waals surface area contributed by atoms with Gasteiger partial charge in [0.05, 0.1) is 17.9 Å². The van der Waals surface area contributed by atoms with Gasteiger partial charge >= 0.3 is 6.18 Å². The van der Waals surface area contributed by atoms with Crippen LogP contribution >= 0.6 is 12.2 Å². The van der Waals surface area contributed by atoms with Gasteiger partial charge in [-0.05, 0) is 55.6 Å². The zero-order chi connectivity index (χ0) is 25.4. The van der Waals surface area contributed by atoms with Gasteiger partial charge in [0.1, 0.15) is 5.82 Å². The number of likely N-dealkylation sites (tertiary alicyclic amines) is 1. The number of hydrogen-bond acceptors (Lipinski definition) is 3. The molecule has 0 amide bonds. The number of thiocarbonyl (C=S) groups is 1. The third-order valence-electron chi connectivity index (χ3n) is 6.42. The molecule has 1 fully saturated rings. The summed E-state index contributed by atoms with van der Waals surface area (Å²) in [6.45, 7) is 3.58. The van der Waals surface area contributed by atoms with Gasteiger partial charge in [-0.2, -0.15) is 13.2 Å². The van der Waals surface area contributed by atoms with E-state index >= 15 is 0 Å². The second-order valence-electron chi connectivity index (χ2n) is 8.96. The minimum atomic E-state index is -4.43. The number of alkyl halides is 3. The van der Waals surface area contributed by atoms with Gasteiger partial charge in [0.2, 0.25) is 0 Å². The van der Waals surface area contributed by atoms with Crippen LogP contribution in [0, 0.1) is 0 Å². The van der Waals surface area contributed by atoms with Crippen molar-refractivity contribution in [1.29, 1.82) is 0 Å². The first kappa shape index (κ1) is 26.2. The van der Waals surface area contributed by atoms with Crippen LogP contribution < -0.4 is 5.32 Å². The predicted octanol–water partition coefficient (Wildman–Crippen LogP) is 6.48.